The Kier molecular flexibility index (Phi) is 7.33. The summed E-state index contributed by atoms with van der Waals surface area (Å²) in [5.74, 6) is -0.378. The molecule has 1 aromatic heterocycles. The Morgan fingerprint density at radius 2 is 2.04 bits per heavy atom. The van der Waals surface area contributed by atoms with Crippen LogP contribution < -0.4 is 0 Å². The zero-order chi connectivity index (χ0) is 16.7. The largest absolute Gasteiger partial charge is 0.462 e. The van der Waals surface area contributed by atoms with Gasteiger partial charge in [0.25, 0.3) is 0 Å². The minimum Gasteiger partial charge on any atom is -0.462 e. The number of hydrogen-bond acceptors (Lipinski definition) is 5. The monoisotopic (exact) mass is 343 g/mol. The molecule has 0 amide bonds. The van der Waals surface area contributed by atoms with Gasteiger partial charge in [0.15, 0.2) is 0 Å². The molecule has 23 heavy (non-hydrogen) atoms. The molecule has 0 aliphatic carbocycles. The minimum absolute atomic E-state index is 0.378. The summed E-state index contributed by atoms with van der Waals surface area (Å²) in [5, 5.41) is 4.72. The molecule has 0 N–H and O–H groups in total. The van der Waals surface area contributed by atoms with Gasteiger partial charge >= 0.3 is 5.97 Å². The lowest BCUT2D eigenvalue weighted by Gasteiger charge is -2.26. The number of hydrogen-bond donors (Lipinski definition) is 0. The van der Waals surface area contributed by atoms with E-state index in [4.69, 9.17) is 21.1 Å². The summed E-state index contributed by atoms with van der Waals surface area (Å²) in [7, 11) is 0. The molecule has 0 radical (unpaired) electrons. The van der Waals surface area contributed by atoms with Gasteiger partial charge in [0.1, 0.15) is 10.7 Å². The topological polar surface area (TPSA) is 56.6 Å². The van der Waals surface area contributed by atoms with Crippen molar-refractivity contribution in [1.29, 1.82) is 0 Å². The molecule has 0 spiro atoms. The van der Waals surface area contributed by atoms with Gasteiger partial charge in [-0.1, -0.05) is 24.9 Å². The van der Waals surface area contributed by atoms with E-state index in [0.29, 0.717) is 23.0 Å². The van der Waals surface area contributed by atoms with Crippen LogP contribution >= 0.6 is 11.6 Å². The highest BCUT2D eigenvalue weighted by Crippen LogP contribution is 2.21. The van der Waals surface area contributed by atoms with Crippen molar-refractivity contribution >= 4 is 17.6 Å². The molecule has 7 heteroatoms. The number of ether oxygens (including phenoxy) is 2. The van der Waals surface area contributed by atoms with E-state index in [9.17, 15) is 4.79 Å². The third-order valence-corrected chi connectivity index (χ3v) is 4.33. The van der Waals surface area contributed by atoms with Gasteiger partial charge in [0, 0.05) is 26.2 Å². The Balaban J connectivity index is 1.79. The average Bonchev–Trinajstić information content (AvgIpc) is 2.84. The molecule has 0 unspecified atom stereocenters. The minimum atomic E-state index is -0.378. The van der Waals surface area contributed by atoms with E-state index in [2.05, 4.69) is 16.9 Å². The van der Waals surface area contributed by atoms with Crippen molar-refractivity contribution in [3.05, 3.63) is 16.4 Å². The summed E-state index contributed by atoms with van der Waals surface area (Å²) >= 11 is 6.27. The number of carbonyl (C=O) groups is 1. The second-order valence-electron chi connectivity index (χ2n) is 5.77. The molecule has 0 atom stereocenters. The first-order valence-electron chi connectivity index (χ1n) is 8.33. The first-order chi connectivity index (χ1) is 11.1. The fourth-order valence-electron chi connectivity index (χ4n) is 2.59. The highest BCUT2D eigenvalue weighted by Gasteiger charge is 2.21. The van der Waals surface area contributed by atoms with Gasteiger partial charge in [-0.05, 0) is 19.8 Å². The number of unbranched alkanes of at least 4 members (excludes halogenated alkanes) is 1. The van der Waals surface area contributed by atoms with Gasteiger partial charge in [0.05, 0.1) is 25.5 Å². The zero-order valence-electron chi connectivity index (χ0n) is 14.0. The molecule has 0 aromatic carbocycles. The van der Waals surface area contributed by atoms with Crippen molar-refractivity contribution in [2.24, 2.45) is 0 Å². The lowest BCUT2D eigenvalue weighted by Crippen LogP contribution is -2.37. The van der Waals surface area contributed by atoms with Crippen LogP contribution in [0.2, 0.25) is 5.15 Å². The second-order valence-corrected chi connectivity index (χ2v) is 6.13. The van der Waals surface area contributed by atoms with E-state index < -0.39 is 0 Å². The molecule has 2 rings (SSSR count). The highest BCUT2D eigenvalue weighted by atomic mass is 35.5. The van der Waals surface area contributed by atoms with Crippen molar-refractivity contribution in [2.75, 3.05) is 39.5 Å². The van der Waals surface area contributed by atoms with Crippen LogP contribution in [0, 0.1) is 6.92 Å². The summed E-state index contributed by atoms with van der Waals surface area (Å²) in [4.78, 5) is 14.5. The molecule has 1 saturated heterocycles. The van der Waals surface area contributed by atoms with Crippen LogP contribution in [0.3, 0.4) is 0 Å². The molecule has 1 fully saturated rings. The van der Waals surface area contributed by atoms with E-state index in [1.54, 1.807) is 11.6 Å². The maximum Gasteiger partial charge on any atom is 0.343 e. The van der Waals surface area contributed by atoms with Crippen LogP contribution in [-0.2, 0) is 16.0 Å². The number of nitrogens with zero attached hydrogens (tertiary/aromatic N) is 3. The number of halogens is 1. The van der Waals surface area contributed by atoms with E-state index in [1.165, 1.54) is 0 Å². The van der Waals surface area contributed by atoms with E-state index in [0.717, 1.165) is 58.7 Å². The molecule has 2 heterocycles. The predicted octanol–water partition coefficient (Wildman–Crippen LogP) is 2.52. The molecule has 0 saturated carbocycles. The number of aryl methyl sites for hydroxylation is 2. The van der Waals surface area contributed by atoms with E-state index in [-0.39, 0.29) is 5.97 Å². The standard InChI is InChI=1S/C16H26ClN3O3/c1-3-4-7-20-15(17)14(13(2)18-20)16(21)23-10-5-6-19-8-11-22-12-9-19/h3-12H2,1-2H3. The van der Waals surface area contributed by atoms with Gasteiger partial charge in [-0.3, -0.25) is 9.58 Å². The predicted molar refractivity (Wildman–Crippen MR) is 89.0 cm³/mol. The number of morpholine rings is 1. The zero-order valence-corrected chi connectivity index (χ0v) is 14.8. The molecule has 1 aliphatic heterocycles. The van der Waals surface area contributed by atoms with Crippen LogP contribution in [0.1, 0.15) is 42.2 Å². The third-order valence-electron chi connectivity index (χ3n) is 3.95. The summed E-state index contributed by atoms with van der Waals surface area (Å²) in [6, 6.07) is 0. The molecule has 1 aromatic rings. The Labute approximate surface area is 142 Å². The summed E-state index contributed by atoms with van der Waals surface area (Å²) < 4.78 is 12.4. The summed E-state index contributed by atoms with van der Waals surface area (Å²) in [6.45, 7) is 9.39. The first kappa shape index (κ1) is 18.2. The van der Waals surface area contributed by atoms with Gasteiger partial charge < -0.3 is 9.47 Å². The number of aromatic nitrogens is 2. The first-order valence-corrected chi connectivity index (χ1v) is 8.71. The fraction of sp³-hybridized carbons (Fsp3) is 0.750. The summed E-state index contributed by atoms with van der Waals surface area (Å²) in [5.41, 5.74) is 1.03. The van der Waals surface area contributed by atoms with Gasteiger partial charge in [-0.25, -0.2) is 4.79 Å². The number of carbonyl (C=O) groups excluding carboxylic acids is 1. The normalized spacial score (nSPS) is 15.8. The Hall–Kier alpha value is -1.11. The molecule has 130 valence electrons. The Bertz CT molecular complexity index is 513. The quantitative estimate of drug-likeness (QED) is 0.536. The smallest absolute Gasteiger partial charge is 0.343 e. The van der Waals surface area contributed by atoms with E-state index >= 15 is 0 Å². The summed E-state index contributed by atoms with van der Waals surface area (Å²) in [6.07, 6.45) is 2.85. The van der Waals surface area contributed by atoms with Crippen LogP contribution in [0.5, 0.6) is 0 Å². The van der Waals surface area contributed by atoms with Gasteiger partial charge in [-0.15, -0.1) is 0 Å². The van der Waals surface area contributed by atoms with Crippen molar-refractivity contribution in [1.82, 2.24) is 14.7 Å². The maximum atomic E-state index is 12.2. The lowest BCUT2D eigenvalue weighted by molar-refractivity contribution is 0.0298. The van der Waals surface area contributed by atoms with Crippen LogP contribution in [0.4, 0.5) is 0 Å². The third kappa shape index (κ3) is 5.19. The second kappa shape index (κ2) is 9.25. The van der Waals surface area contributed by atoms with Crippen LogP contribution in [0.25, 0.3) is 0 Å². The van der Waals surface area contributed by atoms with Crippen molar-refractivity contribution in [3.8, 4) is 0 Å². The van der Waals surface area contributed by atoms with Gasteiger partial charge in [-0.2, -0.15) is 5.10 Å². The average molecular weight is 344 g/mol. The lowest BCUT2D eigenvalue weighted by atomic mass is 10.2. The maximum absolute atomic E-state index is 12.2. The Morgan fingerprint density at radius 1 is 1.30 bits per heavy atom. The van der Waals surface area contributed by atoms with Crippen molar-refractivity contribution in [2.45, 2.75) is 39.7 Å². The van der Waals surface area contributed by atoms with Crippen molar-refractivity contribution in [3.63, 3.8) is 0 Å². The molecule has 6 nitrogen and oxygen atoms in total. The highest BCUT2D eigenvalue weighted by molar-refractivity contribution is 6.32. The Morgan fingerprint density at radius 3 is 2.74 bits per heavy atom. The fourth-order valence-corrected chi connectivity index (χ4v) is 2.93. The van der Waals surface area contributed by atoms with Crippen molar-refractivity contribution < 1.29 is 14.3 Å². The molecular formula is C16H26ClN3O3. The van der Waals surface area contributed by atoms with Crippen LogP contribution in [-0.4, -0.2) is 60.1 Å². The SMILES string of the molecule is CCCCn1nc(C)c(C(=O)OCCCN2CCOCC2)c1Cl. The number of rotatable bonds is 8. The van der Waals surface area contributed by atoms with Gasteiger partial charge in [0.2, 0.25) is 0 Å². The van der Waals surface area contributed by atoms with Crippen LogP contribution in [0.15, 0.2) is 0 Å². The molecule has 0 bridgehead atoms. The number of esters is 1. The molecular weight excluding hydrogens is 318 g/mol. The van der Waals surface area contributed by atoms with E-state index in [1.807, 2.05) is 0 Å². The molecule has 1 aliphatic rings.